The van der Waals surface area contributed by atoms with Crippen LogP contribution in [0.4, 0.5) is 8.78 Å². The number of nitrogens with zero attached hydrogens (tertiary/aromatic N) is 2. The number of hydrogen-bond acceptors (Lipinski definition) is 3. The van der Waals surface area contributed by atoms with Gasteiger partial charge in [0.2, 0.25) is 0 Å². The van der Waals surface area contributed by atoms with Gasteiger partial charge in [0.1, 0.15) is 0 Å². The molecular weight excluding hydrogens is 330 g/mol. The van der Waals surface area contributed by atoms with Crippen LogP contribution in [0.25, 0.3) is 0 Å². The predicted molar refractivity (Wildman–Crippen MR) is 92.3 cm³/mol. The number of aliphatic imine (C=N–C) groups is 1. The van der Waals surface area contributed by atoms with Crippen LogP contribution in [0.15, 0.2) is 47.7 Å². The summed E-state index contributed by atoms with van der Waals surface area (Å²) < 4.78 is 36.5. The van der Waals surface area contributed by atoms with Gasteiger partial charge in [-0.1, -0.05) is 6.07 Å². The van der Waals surface area contributed by atoms with E-state index in [0.717, 1.165) is 12.1 Å². The largest absolute Gasteiger partial charge is 0.493 e. The van der Waals surface area contributed by atoms with Crippen LogP contribution in [0.2, 0.25) is 0 Å². The van der Waals surface area contributed by atoms with E-state index in [1.807, 2.05) is 24.5 Å². The number of rotatable bonds is 8. The highest BCUT2D eigenvalue weighted by Gasteiger charge is 2.11. The Morgan fingerprint density at radius 3 is 2.60 bits per heavy atom. The fourth-order valence-electron chi connectivity index (χ4n) is 2.25. The lowest BCUT2D eigenvalue weighted by atomic mass is 10.2. The van der Waals surface area contributed by atoms with Crippen molar-refractivity contribution in [2.75, 3.05) is 20.7 Å². The summed E-state index contributed by atoms with van der Waals surface area (Å²) in [6, 6.07) is 8.82. The minimum atomic E-state index is -2.90. The minimum absolute atomic E-state index is 0.00681. The standard InChI is InChI=1S/C17H22F2N4O2/c1-20-17(21-7-10-23-8-3-4-9-23)22-12-13-5-6-14(24-2)15(11-13)25-16(18)19/h3-6,8-9,11,16H,7,10,12H2,1-2H3,(H2,20,21,22). The van der Waals surface area contributed by atoms with Crippen LogP contribution in [0.1, 0.15) is 5.56 Å². The summed E-state index contributed by atoms with van der Waals surface area (Å²) in [6.07, 6.45) is 3.97. The summed E-state index contributed by atoms with van der Waals surface area (Å²) >= 11 is 0. The zero-order valence-corrected chi connectivity index (χ0v) is 14.2. The maximum absolute atomic E-state index is 12.5. The molecule has 0 aliphatic rings. The van der Waals surface area contributed by atoms with Crippen LogP contribution < -0.4 is 20.1 Å². The van der Waals surface area contributed by atoms with Crippen LogP contribution >= 0.6 is 0 Å². The molecular formula is C17H22F2N4O2. The van der Waals surface area contributed by atoms with Crippen LogP contribution in [-0.4, -0.2) is 37.8 Å². The number of halogens is 2. The second kappa shape index (κ2) is 9.51. The number of ether oxygens (including phenoxy) is 2. The number of hydrogen-bond donors (Lipinski definition) is 2. The first-order chi connectivity index (χ1) is 12.1. The molecule has 0 unspecified atom stereocenters. The quantitative estimate of drug-likeness (QED) is 0.566. The van der Waals surface area contributed by atoms with Crippen molar-refractivity contribution < 1.29 is 18.3 Å². The van der Waals surface area contributed by atoms with Crippen molar-refractivity contribution in [2.24, 2.45) is 4.99 Å². The van der Waals surface area contributed by atoms with E-state index in [-0.39, 0.29) is 11.5 Å². The van der Waals surface area contributed by atoms with Crippen molar-refractivity contribution in [3.05, 3.63) is 48.3 Å². The van der Waals surface area contributed by atoms with Gasteiger partial charge in [0.15, 0.2) is 17.5 Å². The molecule has 136 valence electrons. The molecule has 0 spiro atoms. The van der Waals surface area contributed by atoms with Gasteiger partial charge in [0.05, 0.1) is 7.11 Å². The van der Waals surface area contributed by atoms with E-state index in [1.54, 1.807) is 19.2 Å². The third-order valence-electron chi connectivity index (χ3n) is 3.46. The van der Waals surface area contributed by atoms with E-state index in [1.165, 1.54) is 13.2 Å². The summed E-state index contributed by atoms with van der Waals surface area (Å²) in [5.74, 6) is 0.893. The Balaban J connectivity index is 1.87. The number of nitrogens with one attached hydrogen (secondary N) is 2. The highest BCUT2D eigenvalue weighted by atomic mass is 19.3. The number of guanidine groups is 1. The molecule has 2 N–H and O–H groups in total. The molecule has 0 saturated heterocycles. The first-order valence-corrected chi connectivity index (χ1v) is 7.79. The number of benzene rings is 1. The smallest absolute Gasteiger partial charge is 0.387 e. The molecule has 0 fully saturated rings. The summed E-state index contributed by atoms with van der Waals surface area (Å²) in [4.78, 5) is 4.14. The number of aromatic nitrogens is 1. The van der Waals surface area contributed by atoms with Crippen molar-refractivity contribution in [1.29, 1.82) is 0 Å². The monoisotopic (exact) mass is 352 g/mol. The molecule has 0 aliphatic heterocycles. The fraction of sp³-hybridized carbons (Fsp3) is 0.353. The van der Waals surface area contributed by atoms with Crippen molar-refractivity contribution in [3.8, 4) is 11.5 Å². The molecule has 0 aliphatic carbocycles. The van der Waals surface area contributed by atoms with Crippen molar-refractivity contribution >= 4 is 5.96 Å². The zero-order chi connectivity index (χ0) is 18.1. The zero-order valence-electron chi connectivity index (χ0n) is 14.2. The van der Waals surface area contributed by atoms with Gasteiger partial charge in [-0.15, -0.1) is 0 Å². The Labute approximate surface area is 145 Å². The third kappa shape index (κ3) is 5.98. The second-order valence-corrected chi connectivity index (χ2v) is 5.14. The first-order valence-electron chi connectivity index (χ1n) is 7.79. The normalized spacial score (nSPS) is 11.5. The number of alkyl halides is 2. The molecule has 2 rings (SSSR count). The van der Waals surface area contributed by atoms with Crippen molar-refractivity contribution in [3.63, 3.8) is 0 Å². The van der Waals surface area contributed by atoms with Crippen molar-refractivity contribution in [1.82, 2.24) is 15.2 Å². The summed E-state index contributed by atoms with van der Waals surface area (Å²) in [5.41, 5.74) is 0.768. The molecule has 25 heavy (non-hydrogen) atoms. The number of methoxy groups -OCH3 is 1. The Bertz CT molecular complexity index is 675. The van der Waals surface area contributed by atoms with E-state index in [4.69, 9.17) is 4.74 Å². The summed E-state index contributed by atoms with van der Waals surface area (Å²) in [7, 11) is 3.08. The molecule has 2 aromatic rings. The predicted octanol–water partition coefficient (Wildman–Crippen LogP) is 2.46. The Morgan fingerprint density at radius 2 is 1.96 bits per heavy atom. The molecule has 1 heterocycles. The summed E-state index contributed by atoms with van der Waals surface area (Å²) in [5, 5.41) is 6.32. The Hall–Kier alpha value is -2.77. The van der Waals surface area contributed by atoms with E-state index >= 15 is 0 Å². The van der Waals surface area contributed by atoms with Crippen molar-refractivity contribution in [2.45, 2.75) is 19.7 Å². The highest BCUT2D eigenvalue weighted by molar-refractivity contribution is 5.79. The van der Waals surface area contributed by atoms with Gasteiger partial charge in [0, 0.05) is 39.1 Å². The fourth-order valence-corrected chi connectivity index (χ4v) is 2.25. The summed E-state index contributed by atoms with van der Waals surface area (Å²) in [6.45, 7) is -0.980. The van der Waals surface area contributed by atoms with Gasteiger partial charge in [0.25, 0.3) is 0 Å². The molecule has 0 amide bonds. The molecule has 0 bridgehead atoms. The first kappa shape index (κ1) is 18.6. The van der Waals surface area contributed by atoms with Crippen LogP contribution in [0.5, 0.6) is 11.5 Å². The van der Waals surface area contributed by atoms with Gasteiger partial charge in [-0.05, 0) is 29.8 Å². The third-order valence-corrected chi connectivity index (χ3v) is 3.46. The van der Waals surface area contributed by atoms with E-state index in [2.05, 4.69) is 24.9 Å². The molecule has 0 atom stereocenters. The molecule has 0 saturated carbocycles. The van der Waals surface area contributed by atoms with Gasteiger partial charge in [-0.3, -0.25) is 4.99 Å². The lowest BCUT2D eigenvalue weighted by Gasteiger charge is -2.14. The molecule has 6 nitrogen and oxygen atoms in total. The average Bonchev–Trinajstić information content (AvgIpc) is 3.11. The Kier molecular flexibility index (Phi) is 7.06. The van der Waals surface area contributed by atoms with E-state index < -0.39 is 6.61 Å². The lowest BCUT2D eigenvalue weighted by molar-refractivity contribution is -0.0512. The lowest BCUT2D eigenvalue weighted by Crippen LogP contribution is -2.38. The van der Waals surface area contributed by atoms with Gasteiger partial charge < -0.3 is 24.7 Å². The maximum atomic E-state index is 12.5. The minimum Gasteiger partial charge on any atom is -0.493 e. The SMILES string of the molecule is CN=C(NCCn1cccc1)NCc1ccc(OC)c(OC(F)F)c1. The molecule has 0 radical (unpaired) electrons. The molecule has 8 heteroatoms. The van der Waals surface area contributed by atoms with Crippen LogP contribution in [-0.2, 0) is 13.1 Å². The molecule has 1 aromatic carbocycles. The molecule has 1 aromatic heterocycles. The van der Waals surface area contributed by atoms with Crippen LogP contribution in [0, 0.1) is 0 Å². The van der Waals surface area contributed by atoms with Gasteiger partial charge in [-0.2, -0.15) is 8.78 Å². The second-order valence-electron chi connectivity index (χ2n) is 5.14. The highest BCUT2D eigenvalue weighted by Crippen LogP contribution is 2.29. The van der Waals surface area contributed by atoms with Gasteiger partial charge in [-0.25, -0.2) is 0 Å². The Morgan fingerprint density at radius 1 is 1.20 bits per heavy atom. The average molecular weight is 352 g/mol. The topological polar surface area (TPSA) is 59.8 Å². The van der Waals surface area contributed by atoms with E-state index in [9.17, 15) is 8.78 Å². The van der Waals surface area contributed by atoms with Gasteiger partial charge >= 0.3 is 6.61 Å². The van der Waals surface area contributed by atoms with E-state index in [0.29, 0.717) is 19.0 Å². The van der Waals surface area contributed by atoms with Crippen LogP contribution in [0.3, 0.4) is 0 Å². The maximum Gasteiger partial charge on any atom is 0.387 e.